The maximum Gasteiger partial charge on any atom is 0.475 e. The standard InChI is InChI=1S/C38H56BN7O10/c1-25(37(52)46-18-8-13-34(46)39(55)56)44-36(51)26-14-16-28(17-15-26)42-23-31(48)12-7-3-6-11-30(47)10-5-2-4-9-27(38(53)54)19-33(49)32(45-35(50)21-40)20-29-22-41-24-43-29/h14-17,22,24-25,27,32,34,42,55-56H,2-13,18-21,23,40H2,1H3,(H,41,43)(H,44,51)(H,45,50)(H,53,54)/t25-,27-,32?,34+/m1/s1. The molecule has 4 atom stereocenters. The molecule has 3 amide bonds. The lowest BCUT2D eigenvalue weighted by Gasteiger charge is -2.27. The van der Waals surface area contributed by atoms with Crippen LogP contribution in [0.15, 0.2) is 36.8 Å². The average Bonchev–Trinajstić information content (AvgIpc) is 3.89. The van der Waals surface area contributed by atoms with Crippen molar-refractivity contribution in [3.63, 3.8) is 0 Å². The molecule has 18 heteroatoms. The summed E-state index contributed by atoms with van der Waals surface area (Å²) < 4.78 is 0. The maximum absolute atomic E-state index is 13.0. The van der Waals surface area contributed by atoms with Crippen LogP contribution >= 0.6 is 0 Å². The van der Waals surface area contributed by atoms with E-state index in [1.807, 2.05) is 0 Å². The fourth-order valence-electron chi connectivity index (χ4n) is 6.64. The number of H-pyrrole nitrogens is 1. The summed E-state index contributed by atoms with van der Waals surface area (Å²) in [7, 11) is -1.63. The van der Waals surface area contributed by atoms with Crippen molar-refractivity contribution in [3.8, 4) is 0 Å². The molecule has 17 nitrogen and oxygen atoms in total. The van der Waals surface area contributed by atoms with E-state index in [1.165, 1.54) is 17.4 Å². The van der Waals surface area contributed by atoms with E-state index in [9.17, 15) is 48.7 Å². The van der Waals surface area contributed by atoms with Gasteiger partial charge in [0, 0.05) is 61.8 Å². The third-order valence-corrected chi connectivity index (χ3v) is 9.89. The van der Waals surface area contributed by atoms with Gasteiger partial charge >= 0.3 is 13.1 Å². The van der Waals surface area contributed by atoms with Crippen LogP contribution in [0, 0.1) is 5.92 Å². The fourth-order valence-corrected chi connectivity index (χ4v) is 6.64. The number of carbonyl (C=O) groups excluding carboxylic acids is 6. The molecule has 1 fully saturated rings. The molecule has 0 saturated carbocycles. The van der Waals surface area contributed by atoms with Gasteiger partial charge in [0.1, 0.15) is 11.8 Å². The summed E-state index contributed by atoms with van der Waals surface area (Å²) in [5, 5.41) is 37.0. The Morgan fingerprint density at radius 1 is 0.946 bits per heavy atom. The highest BCUT2D eigenvalue weighted by Crippen LogP contribution is 2.20. The van der Waals surface area contributed by atoms with E-state index in [1.54, 1.807) is 31.2 Å². The number of hydrogen-bond acceptors (Lipinski definition) is 12. The number of benzene rings is 1. The third kappa shape index (κ3) is 15.7. The van der Waals surface area contributed by atoms with Crippen molar-refractivity contribution >= 4 is 53.8 Å². The molecule has 0 radical (unpaired) electrons. The van der Waals surface area contributed by atoms with Gasteiger partial charge < -0.3 is 46.7 Å². The number of unbranched alkanes of at least 4 members (excludes halogenated alkanes) is 4. The first-order valence-electron chi connectivity index (χ1n) is 19.4. The molecule has 1 aromatic heterocycles. The van der Waals surface area contributed by atoms with Crippen LogP contribution in [0.4, 0.5) is 5.69 Å². The molecule has 56 heavy (non-hydrogen) atoms. The topological polar surface area (TPSA) is 274 Å². The van der Waals surface area contributed by atoms with Gasteiger partial charge in [-0.3, -0.25) is 33.6 Å². The minimum Gasteiger partial charge on any atom is -0.481 e. The molecule has 0 spiro atoms. The Balaban J connectivity index is 1.25. The molecular formula is C38H56BN7O10. The Hall–Kier alpha value is -4.94. The summed E-state index contributed by atoms with van der Waals surface area (Å²) in [4.78, 5) is 95.1. The quantitative estimate of drug-likeness (QED) is 0.0470. The van der Waals surface area contributed by atoms with Crippen molar-refractivity contribution in [2.45, 2.75) is 115 Å². The number of amides is 3. The first-order chi connectivity index (χ1) is 26.8. The number of anilines is 1. The molecule has 2 heterocycles. The Bertz CT molecular complexity index is 1610. The second-order valence-electron chi connectivity index (χ2n) is 14.3. The zero-order valence-corrected chi connectivity index (χ0v) is 32.0. The minimum absolute atomic E-state index is 0.00806. The second kappa shape index (κ2) is 23.9. The minimum atomic E-state index is -1.63. The first kappa shape index (κ1) is 45.5. The van der Waals surface area contributed by atoms with Crippen LogP contribution in [0.25, 0.3) is 0 Å². The van der Waals surface area contributed by atoms with E-state index < -0.39 is 54.6 Å². The number of likely N-dealkylation sites (tertiary alicyclic amines) is 1. The highest BCUT2D eigenvalue weighted by molar-refractivity contribution is 6.43. The van der Waals surface area contributed by atoms with E-state index in [0.717, 1.165) is 6.42 Å². The van der Waals surface area contributed by atoms with Gasteiger partial charge in [-0.1, -0.05) is 19.3 Å². The van der Waals surface area contributed by atoms with Crippen LogP contribution in [0.2, 0.25) is 0 Å². The van der Waals surface area contributed by atoms with Crippen LogP contribution in [-0.4, -0.2) is 116 Å². The molecular weight excluding hydrogens is 725 g/mol. The number of Topliss-reactive ketones (excluding diaryl/α,β-unsaturated/α-hetero) is 3. The smallest absolute Gasteiger partial charge is 0.475 e. The number of carboxylic acid groups (broad SMARTS) is 1. The molecule has 1 aliphatic rings. The summed E-state index contributed by atoms with van der Waals surface area (Å²) in [6.45, 7) is 1.75. The van der Waals surface area contributed by atoms with Gasteiger partial charge in [-0.25, -0.2) is 4.98 Å². The summed E-state index contributed by atoms with van der Waals surface area (Å²) >= 11 is 0. The van der Waals surface area contributed by atoms with Crippen LogP contribution in [0.3, 0.4) is 0 Å². The van der Waals surface area contributed by atoms with Gasteiger partial charge in [0.05, 0.1) is 37.3 Å². The maximum atomic E-state index is 13.0. The molecule has 1 aliphatic heterocycles. The number of imidazole rings is 1. The summed E-state index contributed by atoms with van der Waals surface area (Å²) in [6, 6.07) is 4.71. The average molecular weight is 782 g/mol. The fraction of sp³-hybridized carbons (Fsp3) is 0.579. The van der Waals surface area contributed by atoms with Gasteiger partial charge in [0.25, 0.3) is 5.91 Å². The molecule has 3 rings (SSSR count). The lowest BCUT2D eigenvalue weighted by molar-refractivity contribution is -0.144. The van der Waals surface area contributed by atoms with E-state index in [2.05, 4.69) is 25.9 Å². The van der Waals surface area contributed by atoms with Gasteiger partial charge in [-0.2, -0.15) is 0 Å². The van der Waals surface area contributed by atoms with E-state index >= 15 is 0 Å². The molecule has 306 valence electrons. The predicted molar refractivity (Wildman–Crippen MR) is 207 cm³/mol. The second-order valence-corrected chi connectivity index (χ2v) is 14.3. The highest BCUT2D eigenvalue weighted by Gasteiger charge is 2.38. The number of carboxylic acids is 1. The molecule has 1 aromatic carbocycles. The first-order valence-corrected chi connectivity index (χ1v) is 19.4. The number of nitrogens with zero attached hydrogens (tertiary/aromatic N) is 2. The Morgan fingerprint density at radius 3 is 2.21 bits per heavy atom. The van der Waals surface area contributed by atoms with Crippen molar-refractivity contribution in [2.24, 2.45) is 11.7 Å². The van der Waals surface area contributed by atoms with E-state index in [4.69, 9.17) is 5.73 Å². The molecule has 2 aromatic rings. The largest absolute Gasteiger partial charge is 0.481 e. The number of nitrogens with two attached hydrogens (primary N) is 1. The van der Waals surface area contributed by atoms with Crippen LogP contribution in [-0.2, 0) is 35.2 Å². The Labute approximate surface area is 327 Å². The zero-order chi connectivity index (χ0) is 41.0. The normalized spacial score (nSPS) is 15.4. The number of ketones is 3. The van der Waals surface area contributed by atoms with Crippen LogP contribution in [0.1, 0.15) is 106 Å². The van der Waals surface area contributed by atoms with Crippen molar-refractivity contribution in [3.05, 3.63) is 48.0 Å². The number of rotatable bonds is 27. The lowest BCUT2D eigenvalue weighted by Crippen LogP contribution is -2.52. The Morgan fingerprint density at radius 2 is 1.61 bits per heavy atom. The highest BCUT2D eigenvalue weighted by atomic mass is 16.4. The van der Waals surface area contributed by atoms with Gasteiger partial charge in [-0.05, 0) is 69.7 Å². The summed E-state index contributed by atoms with van der Waals surface area (Å²) in [5.74, 6) is -4.33. The number of aliphatic carboxylic acids is 1. The van der Waals surface area contributed by atoms with E-state index in [-0.39, 0.29) is 49.8 Å². The zero-order valence-electron chi connectivity index (χ0n) is 32.0. The van der Waals surface area contributed by atoms with Gasteiger partial charge in [-0.15, -0.1) is 0 Å². The number of carbonyl (C=O) groups is 7. The molecule has 0 aliphatic carbocycles. The van der Waals surface area contributed by atoms with Crippen molar-refractivity contribution in [1.82, 2.24) is 25.5 Å². The Kier molecular flexibility index (Phi) is 19.4. The molecule has 1 saturated heterocycles. The number of aromatic nitrogens is 2. The predicted octanol–water partition coefficient (Wildman–Crippen LogP) is 1.33. The van der Waals surface area contributed by atoms with Crippen molar-refractivity contribution < 1.29 is 48.7 Å². The monoisotopic (exact) mass is 781 g/mol. The van der Waals surface area contributed by atoms with Crippen LogP contribution in [0.5, 0.6) is 0 Å². The summed E-state index contributed by atoms with van der Waals surface area (Å²) in [6.07, 6.45) is 9.24. The van der Waals surface area contributed by atoms with Crippen LogP contribution < -0.4 is 21.7 Å². The molecule has 1 unspecified atom stereocenters. The lowest BCUT2D eigenvalue weighted by atomic mass is 9.78. The number of nitrogens with one attached hydrogen (secondary N) is 4. The van der Waals surface area contributed by atoms with Gasteiger partial charge in [0.2, 0.25) is 11.8 Å². The van der Waals surface area contributed by atoms with Crippen molar-refractivity contribution in [1.29, 1.82) is 0 Å². The van der Waals surface area contributed by atoms with E-state index in [0.29, 0.717) is 87.7 Å². The molecule has 0 bridgehead atoms. The van der Waals surface area contributed by atoms with Gasteiger partial charge in [0.15, 0.2) is 11.6 Å². The summed E-state index contributed by atoms with van der Waals surface area (Å²) in [5.41, 5.74) is 6.98. The number of aromatic amines is 1. The molecule has 9 N–H and O–H groups in total. The third-order valence-electron chi connectivity index (χ3n) is 9.89. The number of hydrogen-bond donors (Lipinski definition) is 8. The van der Waals surface area contributed by atoms with Crippen molar-refractivity contribution in [2.75, 3.05) is 25.0 Å². The SMILES string of the molecule is C[C@@H](NC(=O)c1ccc(NCC(=O)CCCCCC(=O)CCCCC[C@H](CC(=O)C(Cc2cnc[nH]2)NC(=O)CN)C(=O)O)cc1)C(=O)N1CCC[C@H]1B(O)O.